The molecular formula is C8H11N3S. The zero-order valence-electron chi connectivity index (χ0n) is 6.57. The molecule has 0 fully saturated rings. The average Bonchev–Trinajstić information content (AvgIpc) is 2.09. The molecule has 0 saturated carbocycles. The summed E-state index contributed by atoms with van der Waals surface area (Å²) < 4.78 is 0. The zero-order valence-corrected chi connectivity index (χ0v) is 7.46. The first-order chi connectivity index (χ1) is 5.79. The summed E-state index contributed by atoms with van der Waals surface area (Å²) in [7, 11) is 0. The predicted octanol–water partition coefficient (Wildman–Crippen LogP) is 1.05. The molecule has 64 valence electrons. The van der Waals surface area contributed by atoms with E-state index in [1.54, 1.807) is 0 Å². The second-order valence-electron chi connectivity index (χ2n) is 2.27. The van der Waals surface area contributed by atoms with Crippen LogP contribution in [0.15, 0.2) is 28.1 Å². The molecule has 1 aromatic rings. The van der Waals surface area contributed by atoms with Crippen molar-refractivity contribution in [2.75, 3.05) is 0 Å². The van der Waals surface area contributed by atoms with Crippen LogP contribution in [0, 0.1) is 0 Å². The smallest absolute Gasteiger partial charge is 0.0860 e. The van der Waals surface area contributed by atoms with Gasteiger partial charge in [0.05, 0.1) is 12.0 Å². The number of hydrogen-bond donors (Lipinski definition) is 3. The minimum absolute atomic E-state index is 0.446. The van der Waals surface area contributed by atoms with Gasteiger partial charge in [0.15, 0.2) is 0 Å². The van der Waals surface area contributed by atoms with Crippen LogP contribution in [-0.4, -0.2) is 6.34 Å². The molecule has 0 aliphatic rings. The van der Waals surface area contributed by atoms with Gasteiger partial charge in [-0.3, -0.25) is 0 Å². The molecule has 0 atom stereocenters. The predicted molar refractivity (Wildman–Crippen MR) is 53.9 cm³/mol. The van der Waals surface area contributed by atoms with E-state index in [9.17, 15) is 0 Å². The highest BCUT2D eigenvalue weighted by molar-refractivity contribution is 7.80. The van der Waals surface area contributed by atoms with E-state index < -0.39 is 0 Å². The highest BCUT2D eigenvalue weighted by Gasteiger charge is 2.01. The Kier molecular flexibility index (Phi) is 3.13. The number of nitrogens with two attached hydrogens (primary N) is 2. The summed E-state index contributed by atoms with van der Waals surface area (Å²) in [5, 5.41) is 0. The monoisotopic (exact) mass is 181 g/mol. The van der Waals surface area contributed by atoms with E-state index in [1.165, 1.54) is 6.34 Å². The third-order valence-electron chi connectivity index (χ3n) is 1.52. The number of rotatable bonds is 2. The Balaban J connectivity index is 3.19. The molecule has 1 aromatic carbocycles. The lowest BCUT2D eigenvalue weighted by Crippen LogP contribution is -1.97. The SMILES string of the molecule is NC=Nc1c(S)cccc1CN. The van der Waals surface area contributed by atoms with E-state index in [0.29, 0.717) is 6.54 Å². The number of nitrogens with zero attached hydrogens (tertiary/aromatic N) is 1. The van der Waals surface area contributed by atoms with Gasteiger partial charge in [-0.2, -0.15) is 0 Å². The van der Waals surface area contributed by atoms with Crippen molar-refractivity contribution in [2.45, 2.75) is 11.4 Å². The third kappa shape index (κ3) is 1.78. The maximum Gasteiger partial charge on any atom is 0.0860 e. The largest absolute Gasteiger partial charge is 0.390 e. The van der Waals surface area contributed by atoms with Gasteiger partial charge < -0.3 is 11.5 Å². The van der Waals surface area contributed by atoms with Crippen LogP contribution in [0.5, 0.6) is 0 Å². The lowest BCUT2D eigenvalue weighted by atomic mass is 10.2. The first-order valence-electron chi connectivity index (χ1n) is 3.54. The average molecular weight is 181 g/mol. The summed E-state index contributed by atoms with van der Waals surface area (Å²) in [6, 6.07) is 5.65. The molecule has 0 spiro atoms. The van der Waals surface area contributed by atoms with Crippen molar-refractivity contribution < 1.29 is 0 Å². The van der Waals surface area contributed by atoms with Crippen LogP contribution in [0.1, 0.15) is 5.56 Å². The minimum atomic E-state index is 0.446. The first-order valence-corrected chi connectivity index (χ1v) is 3.99. The van der Waals surface area contributed by atoms with Crippen molar-refractivity contribution in [3.05, 3.63) is 23.8 Å². The van der Waals surface area contributed by atoms with Crippen LogP contribution in [0.4, 0.5) is 5.69 Å². The van der Waals surface area contributed by atoms with Crippen molar-refractivity contribution in [3.8, 4) is 0 Å². The van der Waals surface area contributed by atoms with Crippen LogP contribution < -0.4 is 11.5 Å². The maximum atomic E-state index is 5.50. The molecule has 3 nitrogen and oxygen atoms in total. The topological polar surface area (TPSA) is 64.4 Å². The maximum absolute atomic E-state index is 5.50. The lowest BCUT2D eigenvalue weighted by molar-refractivity contribution is 1.06. The molecule has 0 aliphatic carbocycles. The van der Waals surface area contributed by atoms with Gasteiger partial charge in [0, 0.05) is 11.4 Å². The molecule has 1 rings (SSSR count). The molecule has 12 heavy (non-hydrogen) atoms. The van der Waals surface area contributed by atoms with Crippen LogP contribution in [0.3, 0.4) is 0 Å². The van der Waals surface area contributed by atoms with Crippen LogP contribution in [-0.2, 0) is 6.54 Å². The number of para-hydroxylation sites is 1. The highest BCUT2D eigenvalue weighted by atomic mass is 32.1. The third-order valence-corrected chi connectivity index (χ3v) is 1.88. The Bertz CT molecular complexity index is 296. The summed E-state index contributed by atoms with van der Waals surface area (Å²) in [6.45, 7) is 0.446. The van der Waals surface area contributed by atoms with E-state index >= 15 is 0 Å². The van der Waals surface area contributed by atoms with Crippen molar-refractivity contribution in [2.24, 2.45) is 16.5 Å². The van der Waals surface area contributed by atoms with E-state index in [2.05, 4.69) is 17.6 Å². The molecular weight excluding hydrogens is 170 g/mol. The first kappa shape index (κ1) is 9.09. The Morgan fingerprint density at radius 3 is 2.83 bits per heavy atom. The van der Waals surface area contributed by atoms with Crippen molar-refractivity contribution in [1.82, 2.24) is 0 Å². The standard InChI is InChI=1S/C8H11N3S/c9-4-6-2-1-3-7(12)8(6)11-5-10/h1-3,5,12H,4,9H2,(H2,10,11). The molecule has 0 heterocycles. The second-order valence-corrected chi connectivity index (χ2v) is 2.75. The molecule has 4 heteroatoms. The Morgan fingerprint density at radius 2 is 2.25 bits per heavy atom. The summed E-state index contributed by atoms with van der Waals surface area (Å²) >= 11 is 4.23. The summed E-state index contributed by atoms with van der Waals surface area (Å²) in [4.78, 5) is 4.76. The summed E-state index contributed by atoms with van der Waals surface area (Å²) in [5.41, 5.74) is 12.4. The number of hydrogen-bond acceptors (Lipinski definition) is 3. The van der Waals surface area contributed by atoms with Crippen LogP contribution in [0.25, 0.3) is 0 Å². The summed E-state index contributed by atoms with van der Waals surface area (Å²) in [5.74, 6) is 0. The fraction of sp³-hybridized carbons (Fsp3) is 0.125. The Morgan fingerprint density at radius 1 is 1.50 bits per heavy atom. The molecule has 0 saturated heterocycles. The fourth-order valence-corrected chi connectivity index (χ4v) is 1.25. The molecule has 0 radical (unpaired) electrons. The number of thiol groups is 1. The van der Waals surface area contributed by atoms with Gasteiger partial charge in [0.1, 0.15) is 0 Å². The van der Waals surface area contributed by atoms with Gasteiger partial charge in [-0.1, -0.05) is 12.1 Å². The van der Waals surface area contributed by atoms with E-state index in [0.717, 1.165) is 16.1 Å². The highest BCUT2D eigenvalue weighted by Crippen LogP contribution is 2.26. The van der Waals surface area contributed by atoms with E-state index in [4.69, 9.17) is 11.5 Å². The van der Waals surface area contributed by atoms with E-state index in [1.807, 2.05) is 18.2 Å². The molecule has 0 bridgehead atoms. The van der Waals surface area contributed by atoms with Gasteiger partial charge in [-0.05, 0) is 11.6 Å². The Hall–Kier alpha value is -1.00. The minimum Gasteiger partial charge on any atom is -0.390 e. The zero-order chi connectivity index (χ0) is 8.97. The van der Waals surface area contributed by atoms with Crippen LogP contribution in [0.2, 0.25) is 0 Å². The normalized spacial score (nSPS) is 10.8. The van der Waals surface area contributed by atoms with Crippen molar-refractivity contribution >= 4 is 24.7 Å². The Labute approximate surface area is 76.9 Å². The number of benzene rings is 1. The lowest BCUT2D eigenvalue weighted by Gasteiger charge is -2.04. The van der Waals surface area contributed by atoms with Gasteiger partial charge in [-0.15, -0.1) is 12.6 Å². The summed E-state index contributed by atoms with van der Waals surface area (Å²) in [6.07, 6.45) is 1.24. The van der Waals surface area contributed by atoms with Crippen LogP contribution >= 0.6 is 12.6 Å². The van der Waals surface area contributed by atoms with Crippen molar-refractivity contribution in [1.29, 1.82) is 0 Å². The molecule has 0 amide bonds. The van der Waals surface area contributed by atoms with Gasteiger partial charge in [0.2, 0.25) is 0 Å². The molecule has 4 N–H and O–H groups in total. The molecule has 0 aromatic heterocycles. The molecule has 0 unspecified atom stereocenters. The van der Waals surface area contributed by atoms with Gasteiger partial charge in [0.25, 0.3) is 0 Å². The van der Waals surface area contributed by atoms with E-state index in [-0.39, 0.29) is 0 Å². The molecule has 0 aliphatic heterocycles. The van der Waals surface area contributed by atoms with Gasteiger partial charge in [-0.25, -0.2) is 4.99 Å². The number of aliphatic imine (C=N–C) groups is 1. The van der Waals surface area contributed by atoms with Gasteiger partial charge >= 0.3 is 0 Å². The quantitative estimate of drug-likeness (QED) is 0.363. The fourth-order valence-electron chi connectivity index (χ4n) is 0.966. The van der Waals surface area contributed by atoms with Crippen molar-refractivity contribution in [3.63, 3.8) is 0 Å². The second kappa shape index (κ2) is 4.13.